The van der Waals surface area contributed by atoms with Crippen LogP contribution < -0.4 is 5.32 Å². The first-order chi connectivity index (χ1) is 9.98. The molecular weight excluding hydrogens is 282 g/mol. The molecule has 4 heteroatoms. The van der Waals surface area contributed by atoms with Crippen LogP contribution in [0.15, 0.2) is 30.3 Å². The highest BCUT2D eigenvalue weighted by Crippen LogP contribution is 2.47. The SMILES string of the molecule is CCCNC(CCS(C)(=O)=O)C1(c2ccccc2)CCC1. The monoisotopic (exact) mass is 309 g/mol. The van der Waals surface area contributed by atoms with E-state index in [-0.39, 0.29) is 17.2 Å². The molecule has 1 fully saturated rings. The molecule has 2 rings (SSSR count). The van der Waals surface area contributed by atoms with Crippen molar-refractivity contribution in [2.75, 3.05) is 18.6 Å². The lowest BCUT2D eigenvalue weighted by Crippen LogP contribution is -2.53. The van der Waals surface area contributed by atoms with Gasteiger partial charge in [0.25, 0.3) is 0 Å². The Bertz CT molecular complexity index is 535. The summed E-state index contributed by atoms with van der Waals surface area (Å²) < 4.78 is 23.1. The van der Waals surface area contributed by atoms with Crippen molar-refractivity contribution < 1.29 is 8.42 Å². The highest BCUT2D eigenvalue weighted by Gasteiger charge is 2.44. The van der Waals surface area contributed by atoms with Crippen molar-refractivity contribution in [2.45, 2.75) is 50.5 Å². The van der Waals surface area contributed by atoms with Crippen LogP contribution >= 0.6 is 0 Å². The molecule has 21 heavy (non-hydrogen) atoms. The second-order valence-electron chi connectivity index (χ2n) is 6.30. The van der Waals surface area contributed by atoms with Gasteiger partial charge in [0.15, 0.2) is 0 Å². The van der Waals surface area contributed by atoms with Crippen LogP contribution in [0.2, 0.25) is 0 Å². The van der Waals surface area contributed by atoms with E-state index in [1.54, 1.807) is 0 Å². The molecular formula is C17H27NO2S. The second-order valence-corrected chi connectivity index (χ2v) is 8.56. The molecule has 1 saturated carbocycles. The highest BCUT2D eigenvalue weighted by atomic mass is 32.2. The molecule has 0 bridgehead atoms. The molecule has 1 unspecified atom stereocenters. The Hall–Kier alpha value is -0.870. The fourth-order valence-corrected chi connectivity index (χ4v) is 4.05. The van der Waals surface area contributed by atoms with Crippen molar-refractivity contribution in [1.29, 1.82) is 0 Å². The third-order valence-corrected chi connectivity index (χ3v) is 5.66. The first-order valence-corrected chi connectivity index (χ1v) is 10.0. The summed E-state index contributed by atoms with van der Waals surface area (Å²) in [6.45, 7) is 3.10. The van der Waals surface area contributed by atoms with E-state index in [4.69, 9.17) is 0 Å². The number of rotatable bonds is 8. The van der Waals surface area contributed by atoms with Gasteiger partial charge in [0.2, 0.25) is 0 Å². The van der Waals surface area contributed by atoms with Gasteiger partial charge in [-0.05, 0) is 37.8 Å². The molecule has 0 spiro atoms. The minimum absolute atomic E-state index is 0.126. The number of nitrogens with one attached hydrogen (secondary N) is 1. The Morgan fingerprint density at radius 3 is 2.38 bits per heavy atom. The minimum atomic E-state index is -2.91. The minimum Gasteiger partial charge on any atom is -0.313 e. The summed E-state index contributed by atoms with van der Waals surface area (Å²) in [6.07, 6.45) is 6.65. The molecule has 1 aromatic carbocycles. The molecule has 0 aromatic heterocycles. The van der Waals surface area contributed by atoms with Gasteiger partial charge in [0, 0.05) is 17.7 Å². The average molecular weight is 309 g/mol. The van der Waals surface area contributed by atoms with E-state index in [1.807, 2.05) is 6.07 Å². The van der Waals surface area contributed by atoms with Crippen molar-refractivity contribution in [3.05, 3.63) is 35.9 Å². The number of benzene rings is 1. The summed E-state index contributed by atoms with van der Waals surface area (Å²) in [5.41, 5.74) is 1.49. The van der Waals surface area contributed by atoms with E-state index < -0.39 is 9.84 Å². The Labute approximate surface area is 129 Å². The van der Waals surface area contributed by atoms with Gasteiger partial charge >= 0.3 is 0 Å². The van der Waals surface area contributed by atoms with Crippen molar-refractivity contribution in [2.24, 2.45) is 0 Å². The molecule has 0 radical (unpaired) electrons. The Kier molecular flexibility index (Phi) is 5.44. The smallest absolute Gasteiger partial charge is 0.147 e. The summed E-state index contributed by atoms with van der Waals surface area (Å²) in [6, 6.07) is 10.9. The van der Waals surface area contributed by atoms with Crippen molar-refractivity contribution in [3.8, 4) is 0 Å². The highest BCUT2D eigenvalue weighted by molar-refractivity contribution is 7.90. The van der Waals surface area contributed by atoms with Crippen molar-refractivity contribution >= 4 is 9.84 Å². The second kappa shape index (κ2) is 6.93. The lowest BCUT2D eigenvalue weighted by molar-refractivity contribution is 0.165. The predicted molar refractivity (Wildman–Crippen MR) is 88.4 cm³/mol. The fraction of sp³-hybridized carbons (Fsp3) is 0.647. The van der Waals surface area contributed by atoms with Crippen molar-refractivity contribution in [3.63, 3.8) is 0 Å². The van der Waals surface area contributed by atoms with Gasteiger partial charge in [-0.2, -0.15) is 0 Å². The van der Waals surface area contributed by atoms with Gasteiger partial charge in [-0.15, -0.1) is 0 Å². The van der Waals surface area contributed by atoms with Crippen LogP contribution in [0, 0.1) is 0 Å². The van der Waals surface area contributed by atoms with Gasteiger partial charge in [0.1, 0.15) is 9.84 Å². The van der Waals surface area contributed by atoms with Crippen LogP contribution in [0.5, 0.6) is 0 Å². The largest absolute Gasteiger partial charge is 0.313 e. The van der Waals surface area contributed by atoms with Crippen LogP contribution in [0.4, 0.5) is 0 Å². The molecule has 0 amide bonds. The lowest BCUT2D eigenvalue weighted by atomic mass is 9.59. The molecule has 1 aliphatic rings. The normalized spacial score (nSPS) is 19.0. The molecule has 1 N–H and O–H groups in total. The van der Waals surface area contributed by atoms with E-state index in [0.717, 1.165) is 25.8 Å². The Balaban J connectivity index is 2.20. The quantitative estimate of drug-likeness (QED) is 0.803. The standard InChI is InChI=1S/C17H27NO2S/c1-3-13-18-16(10-14-21(2,19)20)17(11-7-12-17)15-8-5-4-6-9-15/h4-6,8-9,16,18H,3,7,10-14H2,1-2H3. The van der Waals surface area contributed by atoms with Crippen LogP contribution in [-0.4, -0.2) is 33.0 Å². The third kappa shape index (κ3) is 4.07. The van der Waals surface area contributed by atoms with Gasteiger partial charge in [-0.25, -0.2) is 8.42 Å². The topological polar surface area (TPSA) is 46.2 Å². The Morgan fingerprint density at radius 1 is 1.24 bits per heavy atom. The lowest BCUT2D eigenvalue weighted by Gasteiger charge is -2.49. The van der Waals surface area contributed by atoms with Crippen LogP contribution in [0.3, 0.4) is 0 Å². The maximum atomic E-state index is 11.6. The summed E-state index contributed by atoms with van der Waals surface area (Å²) in [7, 11) is -2.91. The van der Waals surface area contributed by atoms with Gasteiger partial charge in [0.05, 0.1) is 5.75 Å². The summed E-state index contributed by atoms with van der Waals surface area (Å²) in [5, 5.41) is 3.62. The molecule has 1 aliphatic carbocycles. The summed E-state index contributed by atoms with van der Waals surface area (Å²) >= 11 is 0. The van der Waals surface area contributed by atoms with Gasteiger partial charge < -0.3 is 5.32 Å². The first-order valence-electron chi connectivity index (χ1n) is 7.94. The average Bonchev–Trinajstić information content (AvgIpc) is 2.40. The molecule has 0 saturated heterocycles. The summed E-state index contributed by atoms with van der Waals surface area (Å²) in [5.74, 6) is 0.267. The first kappa shape index (κ1) is 16.5. The molecule has 0 aliphatic heterocycles. The fourth-order valence-electron chi connectivity index (χ4n) is 3.39. The molecule has 3 nitrogen and oxygen atoms in total. The maximum absolute atomic E-state index is 11.6. The van der Waals surface area contributed by atoms with E-state index >= 15 is 0 Å². The van der Waals surface area contributed by atoms with Crippen LogP contribution in [-0.2, 0) is 15.3 Å². The Morgan fingerprint density at radius 2 is 1.90 bits per heavy atom. The maximum Gasteiger partial charge on any atom is 0.147 e. The van der Waals surface area contributed by atoms with E-state index in [0.29, 0.717) is 6.42 Å². The number of hydrogen-bond acceptors (Lipinski definition) is 3. The van der Waals surface area contributed by atoms with E-state index in [9.17, 15) is 8.42 Å². The predicted octanol–water partition coefficient (Wildman–Crippen LogP) is 2.91. The van der Waals surface area contributed by atoms with Gasteiger partial charge in [-0.1, -0.05) is 43.7 Å². The number of sulfone groups is 1. The zero-order chi connectivity index (χ0) is 15.3. The number of hydrogen-bond donors (Lipinski definition) is 1. The van der Waals surface area contributed by atoms with Crippen molar-refractivity contribution in [1.82, 2.24) is 5.32 Å². The summed E-state index contributed by atoms with van der Waals surface area (Å²) in [4.78, 5) is 0. The molecule has 1 aromatic rings. The van der Waals surface area contributed by atoms with Crippen LogP contribution in [0.25, 0.3) is 0 Å². The van der Waals surface area contributed by atoms with Crippen LogP contribution in [0.1, 0.15) is 44.6 Å². The van der Waals surface area contributed by atoms with E-state index in [1.165, 1.54) is 18.2 Å². The van der Waals surface area contributed by atoms with E-state index in [2.05, 4.69) is 36.5 Å². The van der Waals surface area contributed by atoms with Gasteiger partial charge in [-0.3, -0.25) is 0 Å². The molecule has 118 valence electrons. The zero-order valence-corrected chi connectivity index (χ0v) is 14.0. The molecule has 1 atom stereocenters. The zero-order valence-electron chi connectivity index (χ0n) is 13.1. The third-order valence-electron chi connectivity index (χ3n) is 4.68. The molecule has 0 heterocycles.